The van der Waals surface area contributed by atoms with Crippen molar-refractivity contribution in [3.63, 3.8) is 0 Å². The Morgan fingerprint density at radius 2 is 1.64 bits per heavy atom. The lowest BCUT2D eigenvalue weighted by atomic mass is 9.78. The molecule has 0 amide bonds. The summed E-state index contributed by atoms with van der Waals surface area (Å²) in [6, 6.07) is 12.3. The number of aryl methyl sites for hydroxylation is 1. The lowest BCUT2D eigenvalue weighted by molar-refractivity contribution is -0.143. The molecule has 1 saturated carbocycles. The Kier molecular flexibility index (Phi) is 8.69. The summed E-state index contributed by atoms with van der Waals surface area (Å²) < 4.78 is 92.2. The van der Waals surface area contributed by atoms with Crippen molar-refractivity contribution >= 4 is 17.0 Å². The van der Waals surface area contributed by atoms with Crippen LogP contribution in [0.25, 0.3) is 22.2 Å². The van der Waals surface area contributed by atoms with Gasteiger partial charge in [0.1, 0.15) is 41.3 Å². The fraction of sp³-hybridized carbons (Fsp3) is 0.286. The van der Waals surface area contributed by atoms with Gasteiger partial charge in [0, 0.05) is 23.7 Å². The van der Waals surface area contributed by atoms with Gasteiger partial charge in [-0.1, -0.05) is 25.0 Å². The summed E-state index contributed by atoms with van der Waals surface area (Å²) in [5, 5.41) is 10.0. The highest BCUT2D eigenvalue weighted by Gasteiger charge is 2.36. The number of alkyl halides is 3. The Bertz CT molecular complexity index is 1930. The number of imidazole rings is 1. The van der Waals surface area contributed by atoms with Gasteiger partial charge in [0.25, 0.3) is 0 Å². The summed E-state index contributed by atoms with van der Waals surface area (Å²) in [4.78, 5) is 21.0. The number of carbonyl (C=O) groups is 1. The number of hydrogen-bond acceptors (Lipinski definition) is 4. The first-order valence-electron chi connectivity index (χ1n) is 15.0. The third-order valence-electron chi connectivity index (χ3n) is 8.60. The van der Waals surface area contributed by atoms with Crippen molar-refractivity contribution in [1.82, 2.24) is 14.5 Å². The lowest BCUT2D eigenvalue weighted by Gasteiger charge is -2.28. The van der Waals surface area contributed by atoms with Crippen molar-refractivity contribution in [3.8, 4) is 16.9 Å². The number of hydrogen-bond donors (Lipinski definition) is 1. The monoisotopic (exact) mass is 653 g/mol. The first-order valence-corrected chi connectivity index (χ1v) is 15.0. The van der Waals surface area contributed by atoms with Crippen LogP contribution in [-0.2, 0) is 24.1 Å². The fourth-order valence-corrected chi connectivity index (χ4v) is 6.15. The molecule has 12 heteroatoms. The third kappa shape index (κ3) is 6.68. The van der Waals surface area contributed by atoms with Crippen molar-refractivity contribution in [3.05, 3.63) is 113 Å². The van der Waals surface area contributed by atoms with Gasteiger partial charge in [0.15, 0.2) is 0 Å². The third-order valence-corrected chi connectivity index (χ3v) is 8.60. The molecule has 2 atom stereocenters. The molecule has 6 nitrogen and oxygen atoms in total. The number of aliphatic carboxylic acids is 1. The highest BCUT2D eigenvalue weighted by molar-refractivity contribution is 5.79. The van der Waals surface area contributed by atoms with E-state index < -0.39 is 47.0 Å². The van der Waals surface area contributed by atoms with Gasteiger partial charge in [-0.3, -0.25) is 9.78 Å². The quantitative estimate of drug-likeness (QED) is 0.169. The lowest BCUT2D eigenvalue weighted by Crippen LogP contribution is -2.28. The first-order chi connectivity index (χ1) is 22.4. The number of nitrogens with zero attached hydrogens (tertiary/aromatic N) is 3. The van der Waals surface area contributed by atoms with Gasteiger partial charge in [-0.05, 0) is 78.9 Å². The molecule has 1 fully saturated rings. The number of aromatic nitrogens is 3. The SMILES string of the molecule is Cc1cnc(COc2ccc3nc(C4CCCCC4C(=O)O)n(Cc4c(F)cc(-c5ccc(C(F)(F)F)cc5)cc4F)c3c2)c(F)c1. The molecule has 0 saturated heterocycles. The van der Waals surface area contributed by atoms with E-state index in [2.05, 4.69) is 4.98 Å². The molecule has 0 spiro atoms. The van der Waals surface area contributed by atoms with Crippen molar-refractivity contribution < 1.29 is 41.0 Å². The van der Waals surface area contributed by atoms with Gasteiger partial charge in [-0.15, -0.1) is 0 Å². The number of carboxylic acid groups (broad SMARTS) is 1. The van der Waals surface area contributed by atoms with Crippen molar-refractivity contribution in [2.24, 2.45) is 5.92 Å². The van der Waals surface area contributed by atoms with E-state index in [1.165, 1.54) is 12.3 Å². The van der Waals surface area contributed by atoms with E-state index in [1.54, 1.807) is 29.7 Å². The number of benzene rings is 3. The molecule has 6 rings (SSSR count). The average molecular weight is 654 g/mol. The van der Waals surface area contributed by atoms with Gasteiger partial charge >= 0.3 is 12.1 Å². The maximum absolute atomic E-state index is 15.7. The molecular weight excluding hydrogens is 624 g/mol. The van der Waals surface area contributed by atoms with Crippen LogP contribution < -0.4 is 4.74 Å². The predicted molar refractivity (Wildman–Crippen MR) is 161 cm³/mol. The zero-order chi connectivity index (χ0) is 33.5. The minimum atomic E-state index is -4.55. The second-order valence-corrected chi connectivity index (χ2v) is 11.8. The second-order valence-electron chi connectivity index (χ2n) is 11.8. The summed E-state index contributed by atoms with van der Waals surface area (Å²) in [7, 11) is 0. The van der Waals surface area contributed by atoms with Crippen LogP contribution >= 0.6 is 0 Å². The molecule has 1 N–H and O–H groups in total. The topological polar surface area (TPSA) is 77.2 Å². The standard InChI is InChI=1S/C35H29F6N3O3/c1-19-12-29(38)31(42-16-19)18-47-23-10-11-30-32(15-23)44(33(43-30)24-4-2-3-5-25(24)34(45)46)17-26-27(36)13-21(14-28(26)37)20-6-8-22(9-7-20)35(39,40)41/h6-16,24-25H,2-5,17-18H2,1H3,(H,45,46). The Hall–Kier alpha value is -4.87. The van der Waals surface area contributed by atoms with Gasteiger partial charge in [-0.2, -0.15) is 13.2 Å². The van der Waals surface area contributed by atoms with Crippen LogP contribution in [0.3, 0.4) is 0 Å². The van der Waals surface area contributed by atoms with Crippen molar-refractivity contribution in [2.75, 3.05) is 0 Å². The predicted octanol–water partition coefficient (Wildman–Crippen LogP) is 8.83. The summed E-state index contributed by atoms with van der Waals surface area (Å²) in [6.45, 7) is 1.18. The molecular formula is C35H29F6N3O3. The van der Waals surface area contributed by atoms with E-state index in [-0.39, 0.29) is 35.5 Å². The average Bonchev–Trinajstić information content (AvgIpc) is 3.39. The molecule has 244 valence electrons. The number of pyridine rings is 1. The van der Waals surface area contributed by atoms with E-state index in [9.17, 15) is 27.5 Å². The van der Waals surface area contributed by atoms with Gasteiger partial charge in [-0.25, -0.2) is 18.2 Å². The summed E-state index contributed by atoms with van der Waals surface area (Å²) in [5.41, 5.74) is 0.652. The first kappa shape index (κ1) is 32.1. The smallest absolute Gasteiger partial charge is 0.416 e. The molecule has 3 aromatic carbocycles. The molecule has 2 heterocycles. The molecule has 0 bridgehead atoms. The van der Waals surface area contributed by atoms with Crippen LogP contribution in [-0.4, -0.2) is 25.6 Å². The fourth-order valence-electron chi connectivity index (χ4n) is 6.15. The minimum absolute atomic E-state index is 0.0547. The molecule has 2 unspecified atom stereocenters. The maximum atomic E-state index is 15.7. The van der Waals surface area contributed by atoms with Crippen LogP contribution in [0.2, 0.25) is 0 Å². The largest absolute Gasteiger partial charge is 0.487 e. The zero-order valence-electron chi connectivity index (χ0n) is 25.1. The number of carboxylic acids is 1. The highest BCUT2D eigenvalue weighted by Crippen LogP contribution is 2.40. The molecule has 1 aliphatic carbocycles. The molecule has 0 aliphatic heterocycles. The maximum Gasteiger partial charge on any atom is 0.416 e. The molecule has 0 radical (unpaired) electrons. The highest BCUT2D eigenvalue weighted by atomic mass is 19.4. The summed E-state index contributed by atoms with van der Waals surface area (Å²) in [5.74, 6) is -3.97. The van der Waals surface area contributed by atoms with Crippen molar-refractivity contribution in [1.29, 1.82) is 0 Å². The number of ether oxygens (including phenoxy) is 1. The molecule has 1 aliphatic rings. The van der Waals surface area contributed by atoms with Crippen LogP contribution in [0.15, 0.2) is 66.9 Å². The van der Waals surface area contributed by atoms with Crippen LogP contribution in [0.4, 0.5) is 26.3 Å². The van der Waals surface area contributed by atoms with E-state index >= 15 is 8.78 Å². The van der Waals surface area contributed by atoms with Crippen molar-refractivity contribution in [2.45, 2.75) is 57.9 Å². The minimum Gasteiger partial charge on any atom is -0.487 e. The van der Waals surface area contributed by atoms with Gasteiger partial charge in [0.05, 0.1) is 29.1 Å². The Labute approximate surface area is 265 Å². The normalized spacial score (nSPS) is 16.8. The number of rotatable bonds is 8. The molecule has 5 aromatic rings. The number of halogens is 6. The molecule has 47 heavy (non-hydrogen) atoms. The van der Waals surface area contributed by atoms with E-state index in [0.29, 0.717) is 41.0 Å². The van der Waals surface area contributed by atoms with Gasteiger partial charge in [0.2, 0.25) is 0 Å². The van der Waals surface area contributed by atoms with Gasteiger partial charge < -0.3 is 14.4 Å². The zero-order valence-corrected chi connectivity index (χ0v) is 25.1. The van der Waals surface area contributed by atoms with Crippen LogP contribution in [0.5, 0.6) is 5.75 Å². The van der Waals surface area contributed by atoms with E-state index in [1.807, 2.05) is 0 Å². The summed E-state index contributed by atoms with van der Waals surface area (Å²) >= 11 is 0. The molecule has 2 aromatic heterocycles. The Morgan fingerprint density at radius 3 is 2.30 bits per heavy atom. The Morgan fingerprint density at radius 1 is 0.936 bits per heavy atom. The Balaban J connectivity index is 1.39. The second kappa shape index (κ2) is 12.7. The van der Waals surface area contributed by atoms with Crippen LogP contribution in [0.1, 0.15) is 59.8 Å². The summed E-state index contributed by atoms with van der Waals surface area (Å²) in [6.07, 6.45) is -0.616. The van der Waals surface area contributed by atoms with Crippen LogP contribution in [0, 0.1) is 30.3 Å². The van der Waals surface area contributed by atoms with E-state index in [4.69, 9.17) is 9.72 Å². The number of fused-ring (bicyclic) bond motifs is 1. The van der Waals surface area contributed by atoms with E-state index in [0.717, 1.165) is 49.2 Å².